The first-order chi connectivity index (χ1) is 13.7. The van der Waals surface area contributed by atoms with Gasteiger partial charge >= 0.3 is 0 Å². The molecule has 2 amide bonds. The van der Waals surface area contributed by atoms with Crippen molar-refractivity contribution in [2.75, 3.05) is 13.1 Å². The van der Waals surface area contributed by atoms with Crippen LogP contribution in [-0.4, -0.2) is 40.8 Å². The lowest BCUT2D eigenvalue weighted by atomic mass is 10.1. The van der Waals surface area contributed by atoms with E-state index in [2.05, 4.69) is 10.3 Å². The Balaban J connectivity index is 1.31. The minimum atomic E-state index is -0.389. The number of rotatable bonds is 6. The van der Waals surface area contributed by atoms with Crippen LogP contribution in [0.3, 0.4) is 0 Å². The van der Waals surface area contributed by atoms with E-state index in [0.717, 1.165) is 23.1 Å². The van der Waals surface area contributed by atoms with Gasteiger partial charge in [0, 0.05) is 19.5 Å². The zero-order valence-corrected chi connectivity index (χ0v) is 15.6. The van der Waals surface area contributed by atoms with Gasteiger partial charge in [-0.05, 0) is 30.5 Å². The molecule has 4 rings (SSSR count). The maximum atomic E-state index is 12.6. The van der Waals surface area contributed by atoms with Gasteiger partial charge in [-0.3, -0.25) is 9.59 Å². The zero-order valence-electron chi connectivity index (χ0n) is 15.6. The van der Waals surface area contributed by atoms with E-state index in [4.69, 9.17) is 4.42 Å². The van der Waals surface area contributed by atoms with Gasteiger partial charge in [0.15, 0.2) is 11.5 Å². The number of carbonyl (C=O) groups excluding carboxylic acids is 2. The molecule has 0 spiro atoms. The van der Waals surface area contributed by atoms with E-state index in [1.165, 1.54) is 0 Å². The predicted molar refractivity (Wildman–Crippen MR) is 106 cm³/mol. The Morgan fingerprint density at radius 3 is 2.71 bits per heavy atom. The van der Waals surface area contributed by atoms with Crippen molar-refractivity contribution in [3.63, 3.8) is 0 Å². The van der Waals surface area contributed by atoms with Crippen LogP contribution in [0.4, 0.5) is 0 Å². The van der Waals surface area contributed by atoms with E-state index in [9.17, 15) is 9.59 Å². The summed E-state index contributed by atoms with van der Waals surface area (Å²) in [5.74, 6) is 0.503. The van der Waals surface area contributed by atoms with Crippen LogP contribution in [0.2, 0.25) is 0 Å². The standard InChI is InChI=1S/C22H23N3O3/c26-21(15-16-7-2-1-3-8-16)25-14-6-10-18(25)22(27)23-13-12-20-24-17-9-4-5-11-19(17)28-20/h1-5,7-9,11,18H,6,10,12-15H2,(H,23,27). The van der Waals surface area contributed by atoms with E-state index in [1.54, 1.807) is 4.90 Å². The number of para-hydroxylation sites is 2. The van der Waals surface area contributed by atoms with E-state index < -0.39 is 0 Å². The maximum Gasteiger partial charge on any atom is 0.242 e. The predicted octanol–water partition coefficient (Wildman–Crippen LogP) is 2.72. The fourth-order valence-electron chi connectivity index (χ4n) is 3.65. The van der Waals surface area contributed by atoms with Gasteiger partial charge in [0.05, 0.1) is 6.42 Å². The highest BCUT2D eigenvalue weighted by molar-refractivity contribution is 5.89. The van der Waals surface area contributed by atoms with Gasteiger partial charge in [0.2, 0.25) is 11.8 Å². The lowest BCUT2D eigenvalue weighted by Crippen LogP contribution is -2.46. The third-order valence-corrected chi connectivity index (χ3v) is 5.05. The van der Waals surface area contributed by atoms with Gasteiger partial charge < -0.3 is 14.6 Å². The smallest absolute Gasteiger partial charge is 0.242 e. The van der Waals surface area contributed by atoms with Gasteiger partial charge in [-0.2, -0.15) is 0 Å². The highest BCUT2D eigenvalue weighted by atomic mass is 16.3. The van der Waals surface area contributed by atoms with Crippen molar-refractivity contribution in [3.05, 3.63) is 66.1 Å². The molecule has 3 aromatic rings. The molecule has 0 saturated carbocycles. The number of nitrogens with one attached hydrogen (secondary N) is 1. The first kappa shape index (κ1) is 18.2. The monoisotopic (exact) mass is 377 g/mol. The second kappa shape index (κ2) is 8.25. The van der Waals surface area contributed by atoms with E-state index in [0.29, 0.717) is 38.2 Å². The van der Waals surface area contributed by atoms with E-state index in [1.807, 2.05) is 54.6 Å². The number of hydrogen-bond donors (Lipinski definition) is 1. The molecule has 144 valence electrons. The Kier molecular flexibility index (Phi) is 5.37. The second-order valence-electron chi connectivity index (χ2n) is 7.02. The number of amides is 2. The van der Waals surface area contributed by atoms with Gasteiger partial charge in [-0.25, -0.2) is 4.98 Å². The fraction of sp³-hybridized carbons (Fsp3) is 0.318. The molecule has 1 atom stereocenters. The lowest BCUT2D eigenvalue weighted by molar-refractivity contribution is -0.137. The van der Waals surface area contributed by atoms with E-state index in [-0.39, 0.29) is 17.9 Å². The summed E-state index contributed by atoms with van der Waals surface area (Å²) in [6, 6.07) is 16.8. The Hall–Kier alpha value is -3.15. The molecule has 1 fully saturated rings. The molecular weight excluding hydrogens is 354 g/mol. The molecule has 0 radical (unpaired) electrons. The Labute approximate surface area is 163 Å². The number of fused-ring (bicyclic) bond motifs is 1. The molecular formula is C22H23N3O3. The molecule has 28 heavy (non-hydrogen) atoms. The number of nitrogens with zero attached hydrogens (tertiary/aromatic N) is 2. The maximum absolute atomic E-state index is 12.6. The number of hydrogen-bond acceptors (Lipinski definition) is 4. The molecule has 6 nitrogen and oxygen atoms in total. The highest BCUT2D eigenvalue weighted by Crippen LogP contribution is 2.19. The van der Waals surface area contributed by atoms with Crippen LogP contribution in [0.1, 0.15) is 24.3 Å². The molecule has 1 aliphatic rings. The highest BCUT2D eigenvalue weighted by Gasteiger charge is 2.33. The minimum Gasteiger partial charge on any atom is -0.441 e. The van der Waals surface area contributed by atoms with Gasteiger partial charge in [-0.15, -0.1) is 0 Å². The van der Waals surface area contributed by atoms with Crippen molar-refractivity contribution < 1.29 is 14.0 Å². The molecule has 1 saturated heterocycles. The third kappa shape index (κ3) is 4.06. The third-order valence-electron chi connectivity index (χ3n) is 5.05. The molecule has 0 aliphatic carbocycles. The van der Waals surface area contributed by atoms with Crippen LogP contribution >= 0.6 is 0 Å². The summed E-state index contributed by atoms with van der Waals surface area (Å²) in [6.45, 7) is 1.07. The molecule has 2 heterocycles. The van der Waals surface area contributed by atoms with Crippen molar-refractivity contribution in [2.45, 2.75) is 31.7 Å². The summed E-state index contributed by atoms with van der Waals surface area (Å²) >= 11 is 0. The largest absolute Gasteiger partial charge is 0.441 e. The van der Waals surface area contributed by atoms with Gasteiger partial charge in [-0.1, -0.05) is 42.5 Å². The number of likely N-dealkylation sites (tertiary alicyclic amines) is 1. The zero-order chi connectivity index (χ0) is 19.3. The van der Waals surface area contributed by atoms with Crippen LogP contribution in [0.5, 0.6) is 0 Å². The first-order valence-corrected chi connectivity index (χ1v) is 9.66. The van der Waals surface area contributed by atoms with E-state index >= 15 is 0 Å². The summed E-state index contributed by atoms with van der Waals surface area (Å²) in [4.78, 5) is 31.4. The molecule has 0 bridgehead atoms. The van der Waals surface area contributed by atoms with Crippen molar-refractivity contribution >= 4 is 22.9 Å². The Morgan fingerprint density at radius 2 is 1.89 bits per heavy atom. The van der Waals surface area contributed by atoms with Crippen molar-refractivity contribution in [1.82, 2.24) is 15.2 Å². The second-order valence-corrected chi connectivity index (χ2v) is 7.02. The summed E-state index contributed by atoms with van der Waals surface area (Å²) < 4.78 is 5.67. The van der Waals surface area contributed by atoms with Crippen LogP contribution in [0, 0.1) is 0 Å². The Morgan fingerprint density at radius 1 is 1.11 bits per heavy atom. The summed E-state index contributed by atoms with van der Waals surface area (Å²) in [7, 11) is 0. The quantitative estimate of drug-likeness (QED) is 0.717. The molecule has 6 heteroatoms. The van der Waals surface area contributed by atoms with Crippen LogP contribution in [0.25, 0.3) is 11.1 Å². The molecule has 1 aromatic heterocycles. The Bertz CT molecular complexity index is 934. The lowest BCUT2D eigenvalue weighted by Gasteiger charge is -2.24. The molecule has 1 unspecified atom stereocenters. The van der Waals surface area contributed by atoms with Crippen LogP contribution in [0.15, 0.2) is 59.0 Å². The summed E-state index contributed by atoms with van der Waals surface area (Å²) in [5.41, 5.74) is 2.53. The molecule has 2 aromatic carbocycles. The number of carbonyl (C=O) groups is 2. The van der Waals surface area contributed by atoms with Gasteiger partial charge in [0.1, 0.15) is 11.6 Å². The molecule has 1 N–H and O–H groups in total. The normalized spacial score (nSPS) is 16.4. The average molecular weight is 377 g/mol. The summed E-state index contributed by atoms with van der Waals surface area (Å²) in [6.07, 6.45) is 2.40. The van der Waals surface area contributed by atoms with Crippen molar-refractivity contribution in [3.8, 4) is 0 Å². The number of aromatic nitrogens is 1. The number of oxazole rings is 1. The fourth-order valence-corrected chi connectivity index (χ4v) is 3.65. The topological polar surface area (TPSA) is 75.4 Å². The van der Waals surface area contributed by atoms with Crippen LogP contribution in [-0.2, 0) is 22.4 Å². The molecule has 1 aliphatic heterocycles. The van der Waals surface area contributed by atoms with Crippen molar-refractivity contribution in [1.29, 1.82) is 0 Å². The minimum absolute atomic E-state index is 0.00259. The summed E-state index contributed by atoms with van der Waals surface area (Å²) in [5, 5.41) is 2.93. The SMILES string of the molecule is O=C(NCCc1nc2ccccc2o1)C1CCCN1C(=O)Cc1ccccc1. The first-order valence-electron chi connectivity index (χ1n) is 9.66. The average Bonchev–Trinajstić information content (AvgIpc) is 3.35. The van der Waals surface area contributed by atoms with Gasteiger partial charge in [0.25, 0.3) is 0 Å². The van der Waals surface area contributed by atoms with Crippen LogP contribution < -0.4 is 5.32 Å². The number of benzene rings is 2. The van der Waals surface area contributed by atoms with Crippen molar-refractivity contribution in [2.24, 2.45) is 0 Å².